The monoisotopic (exact) mass is 344 g/mol. The Morgan fingerprint density at radius 2 is 1.88 bits per heavy atom. The zero-order valence-corrected chi connectivity index (χ0v) is 11.9. The number of rotatable bonds is 2. The lowest BCUT2D eigenvalue weighted by Gasteiger charge is -2.31. The smallest absolute Gasteiger partial charge is 0.244 e. The molecule has 4 heteroatoms. The highest BCUT2D eigenvalue weighted by Crippen LogP contribution is 2.28. The van der Waals surface area contributed by atoms with Gasteiger partial charge in [0.1, 0.15) is 0 Å². The van der Waals surface area contributed by atoms with Gasteiger partial charge in [-0.25, -0.2) is 0 Å². The second-order valence-electron chi connectivity index (χ2n) is 4.65. The number of amides is 1. The maximum absolute atomic E-state index is 12.2. The van der Waals surface area contributed by atoms with Crippen LogP contribution in [-0.2, 0) is 4.79 Å². The molecule has 1 aromatic rings. The van der Waals surface area contributed by atoms with E-state index in [9.17, 15) is 4.79 Å². The molecule has 0 saturated heterocycles. The molecule has 3 nitrogen and oxygen atoms in total. The Kier molecular flexibility index (Phi) is 4.04. The largest absolute Gasteiger partial charge is 0.324 e. The number of benzene rings is 1. The van der Waals surface area contributed by atoms with E-state index in [2.05, 4.69) is 27.9 Å². The van der Waals surface area contributed by atoms with Crippen molar-refractivity contribution in [3.63, 3.8) is 0 Å². The Labute approximate surface area is 115 Å². The zero-order valence-electron chi connectivity index (χ0n) is 9.71. The number of anilines is 1. The number of para-hydroxylation sites is 1. The van der Waals surface area contributed by atoms with Crippen LogP contribution >= 0.6 is 22.6 Å². The van der Waals surface area contributed by atoms with E-state index in [4.69, 9.17) is 5.73 Å². The molecule has 3 N–H and O–H groups in total. The summed E-state index contributed by atoms with van der Waals surface area (Å²) < 4.78 is 1.04. The van der Waals surface area contributed by atoms with Crippen LogP contribution in [-0.4, -0.2) is 11.4 Å². The third kappa shape index (κ3) is 2.98. The van der Waals surface area contributed by atoms with Gasteiger partial charge in [0, 0.05) is 3.57 Å². The molecule has 0 spiro atoms. The van der Waals surface area contributed by atoms with Gasteiger partial charge >= 0.3 is 0 Å². The van der Waals surface area contributed by atoms with Crippen LogP contribution in [0.15, 0.2) is 24.3 Å². The summed E-state index contributed by atoms with van der Waals surface area (Å²) in [5.74, 6) is -0.0404. The minimum absolute atomic E-state index is 0.0404. The molecule has 92 valence electrons. The summed E-state index contributed by atoms with van der Waals surface area (Å²) in [6.45, 7) is 0. The number of nitrogens with two attached hydrogens (primary N) is 1. The van der Waals surface area contributed by atoms with E-state index < -0.39 is 5.54 Å². The van der Waals surface area contributed by atoms with Crippen LogP contribution < -0.4 is 11.1 Å². The van der Waals surface area contributed by atoms with Crippen molar-refractivity contribution in [3.05, 3.63) is 27.8 Å². The number of hydrogen-bond acceptors (Lipinski definition) is 2. The zero-order chi connectivity index (χ0) is 12.3. The standard InChI is InChI=1S/C13H17IN2O/c14-10-6-2-3-7-11(10)16-12(17)13(15)8-4-1-5-9-13/h2-3,6-7H,1,4-5,8-9,15H2,(H,16,17). The maximum Gasteiger partial charge on any atom is 0.244 e. The fourth-order valence-corrected chi connectivity index (χ4v) is 2.74. The molecule has 0 aliphatic heterocycles. The molecule has 0 heterocycles. The summed E-state index contributed by atoms with van der Waals surface area (Å²) in [6, 6.07) is 7.75. The predicted molar refractivity (Wildman–Crippen MR) is 77.8 cm³/mol. The molecule has 0 radical (unpaired) electrons. The van der Waals surface area contributed by atoms with E-state index in [1.807, 2.05) is 24.3 Å². The summed E-state index contributed by atoms with van der Waals surface area (Å²) >= 11 is 2.21. The Morgan fingerprint density at radius 1 is 1.24 bits per heavy atom. The molecule has 0 unspecified atom stereocenters. The van der Waals surface area contributed by atoms with E-state index in [1.54, 1.807) is 0 Å². The molecular formula is C13H17IN2O. The van der Waals surface area contributed by atoms with Gasteiger partial charge < -0.3 is 11.1 Å². The van der Waals surface area contributed by atoms with Gasteiger partial charge in [0.05, 0.1) is 11.2 Å². The lowest BCUT2D eigenvalue weighted by Crippen LogP contribution is -2.52. The van der Waals surface area contributed by atoms with Crippen molar-refractivity contribution < 1.29 is 4.79 Å². The summed E-state index contributed by atoms with van der Waals surface area (Å²) in [5, 5.41) is 2.95. The van der Waals surface area contributed by atoms with Gasteiger partial charge in [-0.15, -0.1) is 0 Å². The molecule has 17 heavy (non-hydrogen) atoms. The Hall–Kier alpha value is -0.620. The lowest BCUT2D eigenvalue weighted by atomic mass is 9.82. The van der Waals surface area contributed by atoms with Gasteiger partial charge in [0.25, 0.3) is 0 Å². The molecule has 2 rings (SSSR count). The van der Waals surface area contributed by atoms with Crippen LogP contribution in [0.5, 0.6) is 0 Å². The molecule has 1 aromatic carbocycles. The first-order chi connectivity index (χ1) is 8.12. The highest BCUT2D eigenvalue weighted by Gasteiger charge is 2.35. The average molecular weight is 344 g/mol. The Balaban J connectivity index is 2.08. The normalized spacial score (nSPS) is 18.7. The summed E-state index contributed by atoms with van der Waals surface area (Å²) in [7, 11) is 0. The molecular weight excluding hydrogens is 327 g/mol. The van der Waals surface area contributed by atoms with Gasteiger partial charge in [-0.05, 0) is 47.6 Å². The molecule has 0 atom stereocenters. The summed E-state index contributed by atoms with van der Waals surface area (Å²) in [6.07, 6.45) is 4.88. The number of carbonyl (C=O) groups is 1. The van der Waals surface area contributed by atoms with Crippen LogP contribution in [0.1, 0.15) is 32.1 Å². The lowest BCUT2D eigenvalue weighted by molar-refractivity contribution is -0.122. The van der Waals surface area contributed by atoms with Crippen molar-refractivity contribution in [2.24, 2.45) is 5.73 Å². The minimum atomic E-state index is -0.669. The van der Waals surface area contributed by atoms with Crippen LogP contribution in [0.4, 0.5) is 5.69 Å². The fourth-order valence-electron chi connectivity index (χ4n) is 2.22. The third-order valence-electron chi connectivity index (χ3n) is 3.32. The first-order valence-corrected chi connectivity index (χ1v) is 7.04. The average Bonchev–Trinajstić information content (AvgIpc) is 2.33. The van der Waals surface area contributed by atoms with Crippen molar-refractivity contribution >= 4 is 34.2 Å². The van der Waals surface area contributed by atoms with Gasteiger partial charge in [-0.3, -0.25) is 4.79 Å². The topological polar surface area (TPSA) is 55.1 Å². The predicted octanol–water partition coefficient (Wildman–Crippen LogP) is 2.89. The first-order valence-electron chi connectivity index (χ1n) is 5.97. The first kappa shape index (κ1) is 12.8. The fraction of sp³-hybridized carbons (Fsp3) is 0.462. The second kappa shape index (κ2) is 5.35. The Morgan fingerprint density at radius 3 is 2.53 bits per heavy atom. The number of nitrogens with one attached hydrogen (secondary N) is 1. The van der Waals surface area contributed by atoms with Crippen molar-refractivity contribution in [2.45, 2.75) is 37.6 Å². The SMILES string of the molecule is NC1(C(=O)Nc2ccccc2I)CCCCC1. The highest BCUT2D eigenvalue weighted by molar-refractivity contribution is 14.1. The van der Waals surface area contributed by atoms with E-state index in [0.29, 0.717) is 0 Å². The molecule has 1 aliphatic carbocycles. The van der Waals surface area contributed by atoms with E-state index in [-0.39, 0.29) is 5.91 Å². The maximum atomic E-state index is 12.2. The van der Waals surface area contributed by atoms with Gasteiger partial charge in [0.15, 0.2) is 0 Å². The van der Waals surface area contributed by atoms with Crippen LogP contribution in [0.2, 0.25) is 0 Å². The molecule has 1 fully saturated rings. The second-order valence-corrected chi connectivity index (χ2v) is 5.81. The Bertz CT molecular complexity index is 414. The molecule has 1 aliphatic rings. The highest BCUT2D eigenvalue weighted by atomic mass is 127. The minimum Gasteiger partial charge on any atom is -0.324 e. The van der Waals surface area contributed by atoms with Crippen molar-refractivity contribution in [1.82, 2.24) is 0 Å². The number of carbonyl (C=O) groups excluding carboxylic acids is 1. The van der Waals surface area contributed by atoms with Crippen molar-refractivity contribution in [2.75, 3.05) is 5.32 Å². The summed E-state index contributed by atoms with van der Waals surface area (Å²) in [4.78, 5) is 12.2. The van der Waals surface area contributed by atoms with Gasteiger partial charge in [-0.2, -0.15) is 0 Å². The van der Waals surface area contributed by atoms with Gasteiger partial charge in [0.2, 0.25) is 5.91 Å². The number of hydrogen-bond donors (Lipinski definition) is 2. The van der Waals surface area contributed by atoms with E-state index >= 15 is 0 Å². The van der Waals surface area contributed by atoms with Gasteiger partial charge in [-0.1, -0.05) is 31.4 Å². The van der Waals surface area contributed by atoms with Crippen molar-refractivity contribution in [1.29, 1.82) is 0 Å². The molecule has 1 saturated carbocycles. The molecule has 0 bridgehead atoms. The molecule has 0 aromatic heterocycles. The van der Waals surface area contributed by atoms with Crippen molar-refractivity contribution in [3.8, 4) is 0 Å². The number of halogens is 1. The van der Waals surface area contributed by atoms with Crippen LogP contribution in [0, 0.1) is 3.57 Å². The quantitative estimate of drug-likeness (QED) is 0.811. The van der Waals surface area contributed by atoms with E-state index in [1.165, 1.54) is 6.42 Å². The van der Waals surface area contributed by atoms with Crippen LogP contribution in [0.25, 0.3) is 0 Å². The van der Waals surface area contributed by atoms with E-state index in [0.717, 1.165) is 34.9 Å². The third-order valence-corrected chi connectivity index (χ3v) is 4.26. The molecule has 1 amide bonds. The van der Waals surface area contributed by atoms with Crippen LogP contribution in [0.3, 0.4) is 0 Å². The summed E-state index contributed by atoms with van der Waals surface area (Å²) in [5.41, 5.74) is 6.37.